The van der Waals surface area contributed by atoms with Crippen LogP contribution in [0.4, 0.5) is 5.69 Å². The number of sulfonamides is 1. The molecule has 1 aliphatic rings. The normalized spacial score (nSPS) is 22.1. The molecule has 8 heteroatoms. The topological polar surface area (TPSA) is 103 Å². The average Bonchev–Trinajstić information content (AvgIpc) is 2.63. The van der Waals surface area contributed by atoms with Crippen LogP contribution in [0.2, 0.25) is 0 Å². The van der Waals surface area contributed by atoms with Crippen LogP contribution in [0, 0.1) is 0 Å². The van der Waals surface area contributed by atoms with Crippen LogP contribution in [0.25, 0.3) is 0 Å². The summed E-state index contributed by atoms with van der Waals surface area (Å²) in [5.74, 6) is 0.305. The Labute approximate surface area is 147 Å². The molecular formula is C17H22N4O3S. The Bertz CT molecular complexity index is 822. The zero-order valence-corrected chi connectivity index (χ0v) is 15.0. The van der Waals surface area contributed by atoms with E-state index in [1.54, 1.807) is 11.6 Å². The minimum Gasteiger partial charge on any atom is -0.344 e. The van der Waals surface area contributed by atoms with Gasteiger partial charge in [-0.1, -0.05) is 11.6 Å². The first-order valence-corrected chi connectivity index (χ1v) is 9.33. The van der Waals surface area contributed by atoms with E-state index >= 15 is 0 Å². The first-order chi connectivity index (χ1) is 11.9. The summed E-state index contributed by atoms with van der Waals surface area (Å²) in [4.78, 5) is 3.94. The van der Waals surface area contributed by atoms with Gasteiger partial charge in [-0.2, -0.15) is 8.42 Å². The molecule has 0 unspecified atom stereocenters. The third-order valence-electron chi connectivity index (χ3n) is 3.56. The van der Waals surface area contributed by atoms with Crippen LogP contribution in [0.1, 0.15) is 33.1 Å². The molecule has 0 spiro atoms. The number of rotatable bonds is 4. The van der Waals surface area contributed by atoms with E-state index in [9.17, 15) is 8.42 Å². The molecule has 1 aliphatic heterocycles. The van der Waals surface area contributed by atoms with Gasteiger partial charge in [0.15, 0.2) is 0 Å². The highest BCUT2D eigenvalue weighted by molar-refractivity contribution is 7.90. The van der Waals surface area contributed by atoms with Gasteiger partial charge in [0.05, 0.1) is 10.6 Å². The van der Waals surface area contributed by atoms with E-state index < -0.39 is 10.0 Å². The van der Waals surface area contributed by atoms with Gasteiger partial charge < -0.3 is 5.32 Å². The molecule has 0 saturated heterocycles. The minimum atomic E-state index is -3.85. The van der Waals surface area contributed by atoms with Gasteiger partial charge in [0.1, 0.15) is 12.2 Å². The molecule has 1 aromatic carbocycles. The van der Waals surface area contributed by atoms with Crippen molar-refractivity contribution in [3.05, 3.63) is 47.7 Å². The molecule has 0 amide bonds. The standard InChI is InChI=1S/C17H22N4O3S/c1-13-5-3-4-6-14(2)20-17(11-13)21-25(23,24)16-9-7-15(8-10-16)18-12-19-22/h6-12,22H,3-5H2,1-2H3,(H,18,19)(H,20,21)/b13-11-,14-6+. The second-order valence-corrected chi connectivity index (χ2v) is 7.33. The molecule has 134 valence electrons. The quantitative estimate of drug-likeness (QED) is 0.434. The summed E-state index contributed by atoms with van der Waals surface area (Å²) >= 11 is 0. The van der Waals surface area contributed by atoms with Crippen molar-refractivity contribution in [1.82, 2.24) is 10.8 Å². The summed E-state index contributed by atoms with van der Waals surface area (Å²) in [6.07, 6.45) is 7.76. The van der Waals surface area contributed by atoms with Gasteiger partial charge >= 0.3 is 0 Å². The molecular weight excluding hydrogens is 340 g/mol. The fourth-order valence-electron chi connectivity index (χ4n) is 2.33. The van der Waals surface area contributed by atoms with Crippen LogP contribution in [-0.4, -0.2) is 25.8 Å². The van der Waals surface area contributed by atoms with Crippen molar-refractivity contribution in [3.8, 4) is 0 Å². The highest BCUT2D eigenvalue weighted by Gasteiger charge is 2.14. The van der Waals surface area contributed by atoms with Crippen LogP contribution in [0.3, 0.4) is 0 Å². The maximum Gasteiger partial charge on any atom is 0.284 e. The van der Waals surface area contributed by atoms with Gasteiger partial charge in [0.25, 0.3) is 10.0 Å². The van der Waals surface area contributed by atoms with Gasteiger partial charge in [-0.05, 0) is 63.5 Å². The molecule has 0 fully saturated rings. The highest BCUT2D eigenvalue weighted by atomic mass is 32.2. The predicted octanol–water partition coefficient (Wildman–Crippen LogP) is 3.04. The predicted molar refractivity (Wildman–Crippen MR) is 98.6 cm³/mol. The third-order valence-corrected chi connectivity index (χ3v) is 4.86. The lowest BCUT2D eigenvalue weighted by atomic mass is 10.1. The molecule has 0 bridgehead atoms. The van der Waals surface area contributed by atoms with E-state index in [0.29, 0.717) is 11.5 Å². The van der Waals surface area contributed by atoms with Crippen molar-refractivity contribution >= 4 is 27.9 Å². The molecule has 0 aromatic heterocycles. The Balaban J connectivity index is 2.33. The zero-order chi connectivity index (χ0) is 18.3. The highest BCUT2D eigenvalue weighted by Crippen LogP contribution is 2.19. The van der Waals surface area contributed by atoms with Crippen LogP contribution in [-0.2, 0) is 10.0 Å². The lowest BCUT2D eigenvalue weighted by Crippen LogP contribution is -2.21. The number of nitrogens with one attached hydrogen (secondary N) is 2. The molecule has 3 N–H and O–H groups in total. The average molecular weight is 362 g/mol. The second-order valence-electron chi connectivity index (χ2n) is 5.73. The fraction of sp³-hybridized carbons (Fsp3) is 0.294. The van der Waals surface area contributed by atoms with E-state index in [1.165, 1.54) is 24.3 Å². The van der Waals surface area contributed by atoms with Gasteiger partial charge in [0, 0.05) is 5.70 Å². The molecule has 0 radical (unpaired) electrons. The van der Waals surface area contributed by atoms with Crippen LogP contribution in [0.15, 0.2) is 62.0 Å². The summed E-state index contributed by atoms with van der Waals surface area (Å²) in [6, 6.07) is 5.92. The van der Waals surface area contributed by atoms with Gasteiger partial charge in [-0.3, -0.25) is 10.7 Å². The molecule has 0 aliphatic carbocycles. The summed E-state index contributed by atoms with van der Waals surface area (Å²) < 4.78 is 29.1. The number of hydroxylamine groups is 1. The molecule has 1 aromatic rings. The molecule has 7 nitrogen and oxygen atoms in total. The van der Waals surface area contributed by atoms with E-state index in [-0.39, 0.29) is 4.90 Å². The van der Waals surface area contributed by atoms with Gasteiger partial charge in [-0.15, -0.1) is 4.40 Å². The lowest BCUT2D eigenvalue weighted by molar-refractivity contribution is 0.240. The van der Waals surface area contributed by atoms with E-state index in [2.05, 4.69) is 14.7 Å². The maximum absolute atomic E-state index is 12.6. The first-order valence-electron chi connectivity index (χ1n) is 7.89. The Hall–Kier alpha value is -2.45. The number of allylic oxidation sites excluding steroid dienone is 3. The minimum absolute atomic E-state index is 0.0743. The van der Waals surface area contributed by atoms with Crippen molar-refractivity contribution in [3.63, 3.8) is 0 Å². The van der Waals surface area contributed by atoms with Crippen LogP contribution in [0.5, 0.6) is 0 Å². The van der Waals surface area contributed by atoms with Gasteiger partial charge in [-0.25, -0.2) is 4.99 Å². The SMILES string of the molecule is C/C1=C/C(=N/S(=O)(=O)c2ccc(N=CNO)cc2)N/C(C)=C/CCC1. The Morgan fingerprint density at radius 2 is 1.96 bits per heavy atom. The molecule has 25 heavy (non-hydrogen) atoms. The van der Waals surface area contributed by atoms with Crippen molar-refractivity contribution in [2.75, 3.05) is 0 Å². The lowest BCUT2D eigenvalue weighted by Gasteiger charge is -2.07. The summed E-state index contributed by atoms with van der Waals surface area (Å²) in [6.45, 7) is 3.85. The van der Waals surface area contributed by atoms with Crippen LogP contribution < -0.4 is 10.8 Å². The van der Waals surface area contributed by atoms with E-state index in [0.717, 1.165) is 36.9 Å². The monoisotopic (exact) mass is 362 g/mol. The smallest absolute Gasteiger partial charge is 0.284 e. The maximum atomic E-state index is 12.6. The molecule has 2 rings (SSSR count). The summed E-state index contributed by atoms with van der Waals surface area (Å²) in [5.41, 5.74) is 4.24. The van der Waals surface area contributed by atoms with Crippen LogP contribution >= 0.6 is 0 Å². The Kier molecular flexibility index (Phi) is 6.49. The second kappa shape index (κ2) is 8.59. The number of nitrogens with zero attached hydrogens (tertiary/aromatic N) is 2. The Morgan fingerprint density at radius 3 is 2.64 bits per heavy atom. The number of aliphatic imine (C=N–C) groups is 1. The molecule has 0 atom stereocenters. The summed E-state index contributed by atoms with van der Waals surface area (Å²) in [5, 5.41) is 11.5. The van der Waals surface area contributed by atoms with Crippen molar-refractivity contribution in [2.45, 2.75) is 38.0 Å². The Morgan fingerprint density at radius 1 is 1.24 bits per heavy atom. The van der Waals surface area contributed by atoms with Gasteiger partial charge in [0.2, 0.25) is 0 Å². The number of amidine groups is 1. The molecule has 1 heterocycles. The number of benzene rings is 1. The van der Waals surface area contributed by atoms with E-state index in [4.69, 9.17) is 5.21 Å². The number of hydrogen-bond donors (Lipinski definition) is 3. The van der Waals surface area contributed by atoms with Crippen molar-refractivity contribution in [2.24, 2.45) is 9.39 Å². The molecule has 0 saturated carbocycles. The van der Waals surface area contributed by atoms with Crippen molar-refractivity contribution < 1.29 is 13.6 Å². The van der Waals surface area contributed by atoms with Crippen molar-refractivity contribution in [1.29, 1.82) is 0 Å². The summed E-state index contributed by atoms with van der Waals surface area (Å²) in [7, 11) is -3.85. The fourth-order valence-corrected chi connectivity index (χ4v) is 3.28. The number of hydrogen-bond acceptors (Lipinski definition) is 4. The zero-order valence-electron chi connectivity index (χ0n) is 14.2. The largest absolute Gasteiger partial charge is 0.344 e. The van der Waals surface area contributed by atoms with E-state index in [1.807, 2.05) is 19.9 Å². The first kappa shape index (κ1) is 18.9. The third kappa shape index (κ3) is 5.84.